The molecule has 0 aromatic heterocycles. The molecule has 0 unspecified atom stereocenters. The van der Waals surface area contributed by atoms with Gasteiger partial charge in [0, 0.05) is 37.4 Å². The summed E-state index contributed by atoms with van der Waals surface area (Å²) >= 11 is 0. The largest absolute Gasteiger partial charge is 0.490 e. The van der Waals surface area contributed by atoms with E-state index in [1.54, 1.807) is 4.90 Å². The van der Waals surface area contributed by atoms with E-state index < -0.39 is 0 Å². The van der Waals surface area contributed by atoms with Gasteiger partial charge in [-0.1, -0.05) is 20.8 Å². The van der Waals surface area contributed by atoms with Gasteiger partial charge in [-0.3, -0.25) is 4.90 Å². The number of urea groups is 1. The highest BCUT2D eigenvalue weighted by Crippen LogP contribution is 2.26. The highest BCUT2D eigenvalue weighted by Gasteiger charge is 2.24. The molecule has 0 bridgehead atoms. The smallest absolute Gasteiger partial charge is 0.326 e. The molecular formula is C25H34N4O2. The van der Waals surface area contributed by atoms with Crippen molar-refractivity contribution >= 4 is 11.7 Å². The number of carbonyl (C=O) groups excluding carboxylic acids is 1. The maximum Gasteiger partial charge on any atom is 0.326 e. The number of rotatable bonds is 5. The van der Waals surface area contributed by atoms with Gasteiger partial charge in [0.2, 0.25) is 0 Å². The first-order valence-corrected chi connectivity index (χ1v) is 11.3. The van der Waals surface area contributed by atoms with E-state index in [0.717, 1.165) is 48.5 Å². The Labute approximate surface area is 185 Å². The van der Waals surface area contributed by atoms with Crippen LogP contribution < -0.4 is 15.4 Å². The summed E-state index contributed by atoms with van der Waals surface area (Å²) in [6, 6.07) is 7.57. The summed E-state index contributed by atoms with van der Waals surface area (Å²) in [7, 11) is 0. The normalized spacial score (nSPS) is 19.4. The van der Waals surface area contributed by atoms with Gasteiger partial charge >= 0.3 is 6.03 Å². The van der Waals surface area contributed by atoms with Crippen molar-refractivity contribution in [3.63, 3.8) is 0 Å². The van der Waals surface area contributed by atoms with Gasteiger partial charge in [0.15, 0.2) is 0 Å². The Morgan fingerprint density at radius 1 is 1.19 bits per heavy atom. The number of ether oxygens (including phenoxy) is 1. The van der Waals surface area contributed by atoms with Gasteiger partial charge in [0.1, 0.15) is 11.9 Å². The van der Waals surface area contributed by atoms with Crippen LogP contribution in [0.15, 0.2) is 60.1 Å². The summed E-state index contributed by atoms with van der Waals surface area (Å²) in [5, 5.41) is 6.03. The summed E-state index contributed by atoms with van der Waals surface area (Å²) < 4.78 is 6.19. The minimum atomic E-state index is -0.132. The fourth-order valence-electron chi connectivity index (χ4n) is 4.02. The average molecular weight is 423 g/mol. The number of anilines is 1. The van der Waals surface area contributed by atoms with Crippen LogP contribution in [0.1, 0.15) is 40.0 Å². The Balaban J connectivity index is 1.22. The lowest BCUT2D eigenvalue weighted by Gasteiger charge is -2.33. The molecule has 3 aliphatic heterocycles. The highest BCUT2D eigenvalue weighted by atomic mass is 16.5. The van der Waals surface area contributed by atoms with Gasteiger partial charge in [-0.05, 0) is 72.7 Å². The summed E-state index contributed by atoms with van der Waals surface area (Å²) in [4.78, 5) is 16.8. The number of piperidine rings is 1. The maximum atomic E-state index is 12.6. The van der Waals surface area contributed by atoms with E-state index in [9.17, 15) is 4.79 Å². The molecule has 1 aromatic carbocycles. The molecule has 6 heteroatoms. The maximum absolute atomic E-state index is 12.6. The van der Waals surface area contributed by atoms with Crippen molar-refractivity contribution in [1.29, 1.82) is 0 Å². The Bertz CT molecular complexity index is 872. The molecule has 166 valence electrons. The molecule has 2 amide bonds. The van der Waals surface area contributed by atoms with E-state index >= 15 is 0 Å². The van der Waals surface area contributed by atoms with Crippen LogP contribution in [0.25, 0.3) is 0 Å². The number of nitrogens with zero attached hydrogens (tertiary/aromatic N) is 2. The lowest BCUT2D eigenvalue weighted by Crippen LogP contribution is -2.39. The average Bonchev–Trinajstić information content (AvgIpc) is 3.19. The zero-order chi connectivity index (χ0) is 21.8. The van der Waals surface area contributed by atoms with Crippen molar-refractivity contribution in [2.75, 3.05) is 31.5 Å². The van der Waals surface area contributed by atoms with Crippen LogP contribution in [-0.4, -0.2) is 48.1 Å². The molecular weight excluding hydrogens is 388 g/mol. The Morgan fingerprint density at radius 2 is 1.94 bits per heavy atom. The fourth-order valence-corrected chi connectivity index (χ4v) is 4.02. The van der Waals surface area contributed by atoms with Crippen LogP contribution in [0.5, 0.6) is 5.75 Å². The zero-order valence-electron chi connectivity index (χ0n) is 18.9. The van der Waals surface area contributed by atoms with Gasteiger partial charge in [0.05, 0.1) is 6.54 Å². The molecule has 4 rings (SSSR count). The number of dihydropyridines is 1. The second-order valence-corrected chi connectivity index (χ2v) is 9.81. The van der Waals surface area contributed by atoms with Crippen molar-refractivity contribution in [2.45, 2.75) is 46.1 Å². The molecule has 0 aliphatic carbocycles. The number of fused-ring (bicyclic) bond motifs is 1. The van der Waals surface area contributed by atoms with Crippen LogP contribution in [0.3, 0.4) is 0 Å². The molecule has 2 N–H and O–H groups in total. The van der Waals surface area contributed by atoms with E-state index in [-0.39, 0.29) is 12.1 Å². The third-order valence-electron chi connectivity index (χ3n) is 6.00. The lowest BCUT2D eigenvalue weighted by atomic mass is 9.91. The minimum absolute atomic E-state index is 0.132. The molecule has 0 saturated carbocycles. The standard InChI is InChI=1S/C25H34N4O2/c1-25(2,3)11-15-28-13-9-23(10-14-28)31-22-6-4-21(5-7-22)27-24(30)29-17-19-8-12-26-16-20(19)18-29/h4-8,12,16-17,23,26H,9-11,13-15,18H2,1-3H3,(H,27,30). The predicted molar refractivity (Wildman–Crippen MR) is 125 cm³/mol. The predicted octanol–water partition coefficient (Wildman–Crippen LogP) is 4.70. The van der Waals surface area contributed by atoms with Crippen LogP contribution in [0.4, 0.5) is 10.5 Å². The second-order valence-electron chi connectivity index (χ2n) is 9.81. The number of likely N-dealkylation sites (tertiary alicyclic amines) is 1. The molecule has 3 aliphatic rings. The first-order chi connectivity index (χ1) is 14.9. The molecule has 1 fully saturated rings. The number of hydrogen-bond donors (Lipinski definition) is 2. The van der Waals surface area contributed by atoms with E-state index in [4.69, 9.17) is 4.74 Å². The first kappa shape index (κ1) is 21.5. The Kier molecular flexibility index (Phi) is 6.37. The van der Waals surface area contributed by atoms with Crippen molar-refractivity contribution in [3.05, 3.63) is 60.1 Å². The third-order valence-corrected chi connectivity index (χ3v) is 6.00. The molecule has 6 nitrogen and oxygen atoms in total. The second kappa shape index (κ2) is 9.18. The number of nitrogens with one attached hydrogen (secondary N) is 2. The molecule has 3 heterocycles. The van der Waals surface area contributed by atoms with Crippen molar-refractivity contribution < 1.29 is 9.53 Å². The van der Waals surface area contributed by atoms with Gasteiger partial charge in [-0.2, -0.15) is 0 Å². The third kappa shape index (κ3) is 5.91. The topological polar surface area (TPSA) is 56.8 Å². The van der Waals surface area contributed by atoms with Crippen LogP contribution in [-0.2, 0) is 0 Å². The zero-order valence-corrected chi connectivity index (χ0v) is 18.9. The Morgan fingerprint density at radius 3 is 2.61 bits per heavy atom. The molecule has 1 aromatic rings. The molecule has 0 atom stereocenters. The highest BCUT2D eigenvalue weighted by molar-refractivity contribution is 5.91. The quantitative estimate of drug-likeness (QED) is 0.722. The SMILES string of the molecule is CC(C)(C)CCN1CCC(Oc2ccc(NC(=O)N3C=C4C=CNC=C4C3)cc2)CC1. The molecule has 0 radical (unpaired) electrons. The number of carbonyl (C=O) groups is 1. The summed E-state index contributed by atoms with van der Waals surface area (Å²) in [5.74, 6) is 0.863. The van der Waals surface area contributed by atoms with Crippen LogP contribution in [0.2, 0.25) is 0 Å². The van der Waals surface area contributed by atoms with E-state index in [2.05, 4.69) is 36.3 Å². The number of amides is 2. The summed E-state index contributed by atoms with van der Waals surface area (Å²) in [6.07, 6.45) is 11.3. The number of benzene rings is 1. The first-order valence-electron chi connectivity index (χ1n) is 11.3. The molecule has 1 saturated heterocycles. The van der Waals surface area contributed by atoms with Crippen LogP contribution >= 0.6 is 0 Å². The van der Waals surface area contributed by atoms with E-state index in [1.807, 2.05) is 48.9 Å². The molecule has 31 heavy (non-hydrogen) atoms. The minimum Gasteiger partial charge on any atom is -0.490 e. The van der Waals surface area contributed by atoms with Crippen LogP contribution in [0, 0.1) is 5.41 Å². The molecule has 0 spiro atoms. The summed E-state index contributed by atoms with van der Waals surface area (Å²) in [6.45, 7) is 10.8. The van der Waals surface area contributed by atoms with E-state index in [1.165, 1.54) is 13.0 Å². The lowest BCUT2D eigenvalue weighted by molar-refractivity contribution is 0.0940. The number of allylic oxidation sites excluding steroid dienone is 1. The van der Waals surface area contributed by atoms with Crippen molar-refractivity contribution in [2.24, 2.45) is 5.41 Å². The van der Waals surface area contributed by atoms with E-state index in [0.29, 0.717) is 12.0 Å². The fraction of sp³-hybridized carbons (Fsp3) is 0.480. The van der Waals surface area contributed by atoms with Crippen molar-refractivity contribution in [3.8, 4) is 5.75 Å². The van der Waals surface area contributed by atoms with Gasteiger partial charge in [-0.25, -0.2) is 4.79 Å². The van der Waals surface area contributed by atoms with Gasteiger partial charge in [0.25, 0.3) is 0 Å². The number of hydrogen-bond acceptors (Lipinski definition) is 4. The monoisotopic (exact) mass is 422 g/mol. The van der Waals surface area contributed by atoms with Crippen molar-refractivity contribution in [1.82, 2.24) is 15.1 Å². The Hall–Kier alpha value is -2.73. The van der Waals surface area contributed by atoms with Gasteiger partial charge in [-0.15, -0.1) is 0 Å². The summed E-state index contributed by atoms with van der Waals surface area (Å²) in [5.41, 5.74) is 3.35. The van der Waals surface area contributed by atoms with Gasteiger partial charge < -0.3 is 20.3 Å².